The van der Waals surface area contributed by atoms with Crippen molar-refractivity contribution in [3.05, 3.63) is 60.2 Å². The highest BCUT2D eigenvalue weighted by Crippen LogP contribution is 2.24. The van der Waals surface area contributed by atoms with Crippen molar-refractivity contribution < 1.29 is 18.0 Å². The van der Waals surface area contributed by atoms with Gasteiger partial charge in [0.15, 0.2) is 0 Å². The molecule has 0 bridgehead atoms. The summed E-state index contributed by atoms with van der Waals surface area (Å²) in [6.45, 7) is 0. The maximum atomic E-state index is 13.7. The molecule has 1 aromatic heterocycles. The van der Waals surface area contributed by atoms with Crippen molar-refractivity contribution in [2.75, 3.05) is 11.1 Å². The van der Waals surface area contributed by atoms with E-state index in [9.17, 15) is 13.6 Å². The van der Waals surface area contributed by atoms with E-state index in [1.54, 1.807) is 11.8 Å². The Morgan fingerprint density at radius 1 is 1.12 bits per heavy atom. The van der Waals surface area contributed by atoms with Gasteiger partial charge in [0.2, 0.25) is 5.91 Å². The van der Waals surface area contributed by atoms with Gasteiger partial charge in [0, 0.05) is 17.4 Å². The normalized spacial score (nSPS) is 10.7. The van der Waals surface area contributed by atoms with Crippen molar-refractivity contribution in [1.29, 1.82) is 0 Å². The SMILES string of the molecule is O=C(CCCSc1ccccc1)Nc1nnc(-c2ccc(F)cc2F)o1. The smallest absolute Gasteiger partial charge is 0.322 e. The van der Waals surface area contributed by atoms with E-state index >= 15 is 0 Å². The number of anilines is 1. The Morgan fingerprint density at radius 3 is 2.69 bits per heavy atom. The minimum Gasteiger partial charge on any atom is -0.403 e. The lowest BCUT2D eigenvalue weighted by molar-refractivity contribution is -0.116. The van der Waals surface area contributed by atoms with Crippen LogP contribution in [-0.2, 0) is 4.79 Å². The summed E-state index contributed by atoms with van der Waals surface area (Å²) in [6, 6.07) is 12.8. The first kappa shape index (κ1) is 18.1. The van der Waals surface area contributed by atoms with Crippen LogP contribution in [0.1, 0.15) is 12.8 Å². The van der Waals surface area contributed by atoms with Crippen LogP contribution >= 0.6 is 11.8 Å². The van der Waals surface area contributed by atoms with E-state index in [-0.39, 0.29) is 23.4 Å². The molecule has 0 fully saturated rings. The van der Waals surface area contributed by atoms with Gasteiger partial charge in [-0.3, -0.25) is 10.1 Å². The number of nitrogens with one attached hydrogen (secondary N) is 1. The molecular formula is C18H15F2N3O2S. The van der Waals surface area contributed by atoms with E-state index in [4.69, 9.17) is 4.42 Å². The van der Waals surface area contributed by atoms with Crippen molar-refractivity contribution in [2.45, 2.75) is 17.7 Å². The number of aromatic nitrogens is 2. The van der Waals surface area contributed by atoms with Crippen LogP contribution in [0.2, 0.25) is 0 Å². The van der Waals surface area contributed by atoms with Crippen LogP contribution in [0.3, 0.4) is 0 Å². The first-order chi connectivity index (χ1) is 12.6. The summed E-state index contributed by atoms with van der Waals surface area (Å²) in [5.41, 5.74) is -0.0290. The van der Waals surface area contributed by atoms with Gasteiger partial charge >= 0.3 is 6.01 Å². The molecule has 0 unspecified atom stereocenters. The quantitative estimate of drug-likeness (QED) is 0.486. The van der Waals surface area contributed by atoms with Gasteiger partial charge < -0.3 is 4.42 Å². The summed E-state index contributed by atoms with van der Waals surface area (Å²) in [7, 11) is 0. The highest BCUT2D eigenvalue weighted by Gasteiger charge is 2.15. The Kier molecular flexibility index (Phi) is 5.96. The van der Waals surface area contributed by atoms with E-state index < -0.39 is 11.6 Å². The summed E-state index contributed by atoms with van der Waals surface area (Å²) < 4.78 is 31.8. The van der Waals surface area contributed by atoms with Gasteiger partial charge in [0.05, 0.1) is 5.56 Å². The topological polar surface area (TPSA) is 68.0 Å². The van der Waals surface area contributed by atoms with Gasteiger partial charge in [0.25, 0.3) is 5.89 Å². The number of thioether (sulfide) groups is 1. The van der Waals surface area contributed by atoms with Gasteiger partial charge in [0.1, 0.15) is 11.6 Å². The molecule has 1 amide bonds. The van der Waals surface area contributed by atoms with Gasteiger partial charge in [-0.05, 0) is 36.4 Å². The van der Waals surface area contributed by atoms with E-state index in [0.717, 1.165) is 22.8 Å². The molecule has 0 aliphatic carbocycles. The predicted octanol–water partition coefficient (Wildman–Crippen LogP) is 4.53. The number of nitrogens with zero attached hydrogens (tertiary/aromatic N) is 2. The number of rotatable bonds is 7. The fraction of sp³-hybridized carbons (Fsp3) is 0.167. The van der Waals surface area contributed by atoms with Crippen LogP contribution in [0.4, 0.5) is 14.8 Å². The molecule has 8 heteroatoms. The van der Waals surface area contributed by atoms with Gasteiger partial charge in [-0.2, -0.15) is 0 Å². The van der Waals surface area contributed by atoms with Crippen LogP contribution in [0.25, 0.3) is 11.5 Å². The zero-order valence-electron chi connectivity index (χ0n) is 13.6. The molecule has 0 atom stereocenters. The zero-order valence-corrected chi connectivity index (χ0v) is 14.4. The molecule has 3 rings (SSSR count). The third kappa shape index (κ3) is 4.89. The predicted molar refractivity (Wildman–Crippen MR) is 94.7 cm³/mol. The zero-order chi connectivity index (χ0) is 18.4. The molecule has 0 aliphatic heterocycles. The summed E-state index contributed by atoms with van der Waals surface area (Å²) in [4.78, 5) is 13.1. The monoisotopic (exact) mass is 375 g/mol. The molecule has 1 N–H and O–H groups in total. The van der Waals surface area contributed by atoms with Gasteiger partial charge in [-0.1, -0.05) is 23.3 Å². The third-order valence-electron chi connectivity index (χ3n) is 3.39. The first-order valence-corrected chi connectivity index (χ1v) is 8.87. The highest BCUT2D eigenvalue weighted by atomic mass is 32.2. The average molecular weight is 375 g/mol. The van der Waals surface area contributed by atoms with Crippen LogP contribution in [0.5, 0.6) is 0 Å². The fourth-order valence-corrected chi connectivity index (χ4v) is 3.04. The Labute approximate surface area is 152 Å². The number of carbonyl (C=O) groups is 1. The Balaban J connectivity index is 1.48. The number of hydrogen-bond acceptors (Lipinski definition) is 5. The lowest BCUT2D eigenvalue weighted by Gasteiger charge is -2.02. The molecule has 0 spiro atoms. The van der Waals surface area contributed by atoms with Crippen molar-refractivity contribution in [2.24, 2.45) is 0 Å². The Bertz CT molecular complexity index is 887. The molecule has 0 aliphatic rings. The number of amides is 1. The standard InChI is InChI=1S/C18H15F2N3O2S/c19-12-8-9-14(15(20)11-12)17-22-23-18(25-17)21-16(24)7-4-10-26-13-5-2-1-3-6-13/h1-3,5-6,8-9,11H,4,7,10H2,(H,21,23,24). The maximum absolute atomic E-state index is 13.7. The lowest BCUT2D eigenvalue weighted by atomic mass is 10.2. The average Bonchev–Trinajstić information content (AvgIpc) is 3.07. The molecule has 0 radical (unpaired) electrons. The highest BCUT2D eigenvalue weighted by molar-refractivity contribution is 7.99. The number of hydrogen-bond donors (Lipinski definition) is 1. The molecular weight excluding hydrogens is 360 g/mol. The van der Waals surface area contributed by atoms with Crippen molar-refractivity contribution in [3.63, 3.8) is 0 Å². The minimum atomic E-state index is -0.815. The van der Waals surface area contributed by atoms with Crippen LogP contribution < -0.4 is 5.32 Å². The summed E-state index contributed by atoms with van der Waals surface area (Å²) in [5, 5.41) is 9.80. The van der Waals surface area contributed by atoms with Crippen molar-refractivity contribution in [1.82, 2.24) is 10.2 Å². The van der Waals surface area contributed by atoms with Crippen LogP contribution in [0.15, 0.2) is 57.8 Å². The number of halogens is 2. The molecule has 2 aromatic carbocycles. The van der Waals surface area contributed by atoms with Crippen LogP contribution in [0, 0.1) is 11.6 Å². The van der Waals surface area contributed by atoms with Crippen molar-refractivity contribution >= 4 is 23.7 Å². The van der Waals surface area contributed by atoms with Crippen molar-refractivity contribution in [3.8, 4) is 11.5 Å². The molecule has 26 heavy (non-hydrogen) atoms. The summed E-state index contributed by atoms with van der Waals surface area (Å²) in [6.07, 6.45) is 0.974. The molecule has 5 nitrogen and oxygen atoms in total. The van der Waals surface area contributed by atoms with E-state index in [0.29, 0.717) is 12.8 Å². The summed E-state index contributed by atoms with van der Waals surface area (Å²) >= 11 is 1.67. The second-order valence-corrected chi connectivity index (χ2v) is 6.52. The number of carbonyl (C=O) groups excluding carboxylic acids is 1. The van der Waals surface area contributed by atoms with E-state index in [2.05, 4.69) is 15.5 Å². The first-order valence-electron chi connectivity index (χ1n) is 7.88. The van der Waals surface area contributed by atoms with E-state index in [1.165, 1.54) is 6.07 Å². The van der Waals surface area contributed by atoms with Crippen LogP contribution in [-0.4, -0.2) is 21.9 Å². The Morgan fingerprint density at radius 2 is 1.92 bits per heavy atom. The number of benzene rings is 2. The Hall–Kier alpha value is -2.74. The largest absolute Gasteiger partial charge is 0.403 e. The maximum Gasteiger partial charge on any atom is 0.322 e. The molecule has 134 valence electrons. The second-order valence-electron chi connectivity index (χ2n) is 5.35. The van der Waals surface area contributed by atoms with Gasteiger partial charge in [-0.15, -0.1) is 16.9 Å². The molecule has 1 heterocycles. The fourth-order valence-electron chi connectivity index (χ4n) is 2.17. The second kappa shape index (κ2) is 8.57. The van der Waals surface area contributed by atoms with Gasteiger partial charge in [-0.25, -0.2) is 8.78 Å². The van der Waals surface area contributed by atoms with E-state index in [1.807, 2.05) is 30.3 Å². The minimum absolute atomic E-state index is 0.0290. The lowest BCUT2D eigenvalue weighted by Crippen LogP contribution is -2.11. The molecule has 0 saturated carbocycles. The summed E-state index contributed by atoms with van der Waals surface area (Å²) in [5.74, 6) is -1.11. The molecule has 0 saturated heterocycles. The molecule has 3 aromatic rings. The third-order valence-corrected chi connectivity index (χ3v) is 4.49.